The van der Waals surface area contributed by atoms with Crippen LogP contribution in [0, 0.1) is 6.92 Å². The van der Waals surface area contributed by atoms with Crippen LogP contribution in [0.5, 0.6) is 0 Å². The quantitative estimate of drug-likeness (QED) is 0.899. The van der Waals surface area contributed by atoms with Crippen molar-refractivity contribution in [2.24, 2.45) is 0 Å². The van der Waals surface area contributed by atoms with Gasteiger partial charge in [-0.05, 0) is 20.3 Å². The third-order valence-electron chi connectivity index (χ3n) is 3.35. The molecule has 1 fully saturated rings. The van der Waals surface area contributed by atoms with Crippen LogP contribution in [-0.4, -0.2) is 40.3 Å². The van der Waals surface area contributed by atoms with Crippen molar-refractivity contribution in [1.29, 1.82) is 0 Å². The van der Waals surface area contributed by atoms with Gasteiger partial charge in [0.25, 0.3) is 0 Å². The second-order valence-electron chi connectivity index (χ2n) is 4.79. The lowest BCUT2D eigenvalue weighted by molar-refractivity contribution is -0.148. The van der Waals surface area contributed by atoms with E-state index in [4.69, 9.17) is 0 Å². The number of carbonyl (C=O) groups excluding carboxylic acids is 2. The van der Waals surface area contributed by atoms with Crippen LogP contribution >= 0.6 is 11.3 Å². The molecule has 0 bridgehead atoms. The van der Waals surface area contributed by atoms with E-state index in [9.17, 15) is 9.59 Å². The van der Waals surface area contributed by atoms with Crippen molar-refractivity contribution < 1.29 is 9.59 Å². The molecule has 0 radical (unpaired) electrons. The summed E-state index contributed by atoms with van der Waals surface area (Å²) in [5.74, 6) is -0.0533. The Kier molecular flexibility index (Phi) is 4.19. The van der Waals surface area contributed by atoms with Gasteiger partial charge >= 0.3 is 0 Å². The maximum absolute atomic E-state index is 12.2. The molecule has 2 rings (SSSR count). The lowest BCUT2D eigenvalue weighted by Gasteiger charge is -2.37. The summed E-state index contributed by atoms with van der Waals surface area (Å²) in [5.41, 5.74) is 0.990. The monoisotopic (exact) mass is 281 g/mol. The Morgan fingerprint density at radius 1 is 1.47 bits per heavy atom. The molecule has 1 aliphatic heterocycles. The van der Waals surface area contributed by atoms with Crippen molar-refractivity contribution in [2.45, 2.75) is 45.7 Å². The molecule has 1 saturated heterocycles. The normalized spacial score (nSPS) is 23.6. The Morgan fingerprint density at radius 3 is 2.79 bits per heavy atom. The summed E-state index contributed by atoms with van der Waals surface area (Å²) in [6, 6.07) is -0.768. The van der Waals surface area contributed by atoms with E-state index in [1.165, 1.54) is 0 Å². The first-order chi connectivity index (χ1) is 9.02. The van der Waals surface area contributed by atoms with Gasteiger partial charge in [0.1, 0.15) is 12.1 Å². The van der Waals surface area contributed by atoms with Crippen LogP contribution in [0.25, 0.3) is 0 Å². The number of hydrogen-bond acceptors (Lipinski definition) is 4. The number of carbonyl (C=O) groups is 2. The number of nitrogens with zero attached hydrogens (tertiary/aromatic N) is 2. The highest BCUT2D eigenvalue weighted by molar-refractivity contribution is 7.09. The first-order valence-corrected chi connectivity index (χ1v) is 7.42. The molecule has 2 atom stereocenters. The summed E-state index contributed by atoms with van der Waals surface area (Å²) in [6.07, 6.45) is 1.34. The number of rotatable bonds is 4. The molecule has 19 heavy (non-hydrogen) atoms. The van der Waals surface area contributed by atoms with Crippen molar-refractivity contribution >= 4 is 23.2 Å². The Hall–Kier alpha value is -1.43. The molecule has 2 unspecified atom stereocenters. The topological polar surface area (TPSA) is 62.3 Å². The molecule has 0 saturated carbocycles. The highest BCUT2D eigenvalue weighted by Gasteiger charge is 2.36. The zero-order chi connectivity index (χ0) is 14.0. The van der Waals surface area contributed by atoms with Crippen molar-refractivity contribution in [1.82, 2.24) is 15.2 Å². The van der Waals surface area contributed by atoms with E-state index in [1.807, 2.05) is 19.2 Å². The molecular weight excluding hydrogens is 262 g/mol. The Morgan fingerprint density at radius 2 is 2.21 bits per heavy atom. The number of aryl methyl sites for hydroxylation is 1. The lowest BCUT2D eigenvalue weighted by atomic mass is 10.1. The average Bonchev–Trinajstić information content (AvgIpc) is 2.78. The van der Waals surface area contributed by atoms with Gasteiger partial charge in [0.15, 0.2) is 0 Å². The Balaban J connectivity index is 2.06. The molecule has 1 aliphatic rings. The molecular formula is C13H19N3O2S. The number of amides is 2. The van der Waals surface area contributed by atoms with E-state index in [1.54, 1.807) is 23.2 Å². The van der Waals surface area contributed by atoms with Crippen molar-refractivity contribution in [3.63, 3.8) is 0 Å². The summed E-state index contributed by atoms with van der Waals surface area (Å²) in [6.45, 7) is 6.17. The van der Waals surface area contributed by atoms with Crippen molar-refractivity contribution in [3.05, 3.63) is 16.1 Å². The smallest absolute Gasteiger partial charge is 0.245 e. The maximum atomic E-state index is 12.2. The van der Waals surface area contributed by atoms with E-state index in [0.717, 1.165) is 10.7 Å². The van der Waals surface area contributed by atoms with Gasteiger partial charge in [0, 0.05) is 18.3 Å². The van der Waals surface area contributed by atoms with E-state index in [0.29, 0.717) is 19.4 Å². The molecule has 2 heterocycles. The van der Waals surface area contributed by atoms with Gasteiger partial charge in [-0.1, -0.05) is 6.92 Å². The Labute approximate surface area is 117 Å². The van der Waals surface area contributed by atoms with E-state index < -0.39 is 6.04 Å². The molecule has 0 aromatic carbocycles. The van der Waals surface area contributed by atoms with Crippen LogP contribution in [0.2, 0.25) is 0 Å². The molecule has 104 valence electrons. The van der Waals surface area contributed by atoms with Gasteiger partial charge in [-0.15, -0.1) is 11.3 Å². The predicted molar refractivity (Wildman–Crippen MR) is 74.0 cm³/mol. The van der Waals surface area contributed by atoms with Crippen LogP contribution in [0.3, 0.4) is 0 Å². The third-order valence-corrected chi connectivity index (χ3v) is 4.18. The predicted octanol–water partition coefficient (Wildman–Crippen LogP) is 1.12. The molecule has 1 aromatic rings. The molecule has 2 amide bonds. The van der Waals surface area contributed by atoms with Crippen LogP contribution in [0.15, 0.2) is 5.38 Å². The second-order valence-corrected chi connectivity index (χ2v) is 5.86. The summed E-state index contributed by atoms with van der Waals surface area (Å²) in [7, 11) is 0. The van der Waals surface area contributed by atoms with Crippen LogP contribution in [0.4, 0.5) is 0 Å². The summed E-state index contributed by atoms with van der Waals surface area (Å²) in [5, 5.41) is 5.75. The average molecular weight is 281 g/mol. The molecule has 1 aromatic heterocycles. The molecule has 6 heteroatoms. The Bertz CT molecular complexity index is 486. The molecule has 1 N–H and O–H groups in total. The number of thiazole rings is 1. The van der Waals surface area contributed by atoms with Crippen LogP contribution in [-0.2, 0) is 16.0 Å². The van der Waals surface area contributed by atoms with Crippen LogP contribution in [0.1, 0.15) is 31.0 Å². The minimum atomic E-state index is -0.424. The summed E-state index contributed by atoms with van der Waals surface area (Å²) < 4.78 is 0. The minimum Gasteiger partial charge on any atom is -0.343 e. The highest BCUT2D eigenvalue weighted by Crippen LogP contribution is 2.15. The zero-order valence-corrected chi connectivity index (χ0v) is 12.3. The fourth-order valence-electron chi connectivity index (χ4n) is 2.35. The number of hydrogen-bond donors (Lipinski definition) is 1. The van der Waals surface area contributed by atoms with E-state index in [2.05, 4.69) is 10.3 Å². The first kappa shape index (κ1) is 14.0. The molecule has 0 spiro atoms. The van der Waals surface area contributed by atoms with Gasteiger partial charge in [-0.2, -0.15) is 0 Å². The number of aromatic nitrogens is 1. The molecule has 5 nitrogen and oxygen atoms in total. The van der Waals surface area contributed by atoms with E-state index in [-0.39, 0.29) is 17.9 Å². The number of nitrogens with one attached hydrogen (secondary N) is 1. The molecule has 0 aliphatic carbocycles. The van der Waals surface area contributed by atoms with Gasteiger partial charge in [0.05, 0.1) is 10.7 Å². The third kappa shape index (κ3) is 2.94. The van der Waals surface area contributed by atoms with Gasteiger partial charge in [-0.3, -0.25) is 9.59 Å². The first-order valence-electron chi connectivity index (χ1n) is 6.54. The number of piperazine rings is 1. The lowest BCUT2D eigenvalue weighted by Crippen LogP contribution is -2.62. The van der Waals surface area contributed by atoms with Gasteiger partial charge < -0.3 is 10.2 Å². The highest BCUT2D eigenvalue weighted by atomic mass is 32.1. The van der Waals surface area contributed by atoms with Gasteiger partial charge in [0.2, 0.25) is 11.8 Å². The minimum absolute atomic E-state index is 0.00148. The van der Waals surface area contributed by atoms with Crippen LogP contribution < -0.4 is 5.32 Å². The zero-order valence-electron chi connectivity index (χ0n) is 11.5. The summed E-state index contributed by atoms with van der Waals surface area (Å²) in [4.78, 5) is 30.1. The largest absolute Gasteiger partial charge is 0.343 e. The maximum Gasteiger partial charge on any atom is 0.245 e. The van der Waals surface area contributed by atoms with Crippen molar-refractivity contribution in [2.75, 3.05) is 6.54 Å². The second kappa shape index (κ2) is 5.69. The SMILES string of the molecule is CCC1C(=O)NC(C)C(=O)N1CCc1csc(C)n1. The summed E-state index contributed by atoms with van der Waals surface area (Å²) >= 11 is 1.61. The van der Waals surface area contributed by atoms with Crippen molar-refractivity contribution in [3.8, 4) is 0 Å². The fraction of sp³-hybridized carbons (Fsp3) is 0.615. The fourth-order valence-corrected chi connectivity index (χ4v) is 2.99. The standard InChI is InChI=1S/C13H19N3O2S/c1-4-11-12(17)14-8(2)13(18)16(11)6-5-10-7-19-9(3)15-10/h7-8,11H,4-6H2,1-3H3,(H,14,17). The van der Waals surface area contributed by atoms with E-state index >= 15 is 0 Å². The van der Waals surface area contributed by atoms with Gasteiger partial charge in [-0.25, -0.2) is 4.98 Å².